The van der Waals surface area contributed by atoms with Crippen molar-refractivity contribution >= 4 is 5.69 Å². The number of nitrogens with zero attached hydrogens (tertiary/aromatic N) is 1. The minimum atomic E-state index is 0.125. The Labute approximate surface area is 98.9 Å². The number of aryl methyl sites for hydroxylation is 1. The van der Waals surface area contributed by atoms with Gasteiger partial charge in [0.05, 0.1) is 6.61 Å². The lowest BCUT2D eigenvalue weighted by Crippen LogP contribution is -2.28. The molecule has 1 unspecified atom stereocenters. The van der Waals surface area contributed by atoms with Crippen molar-refractivity contribution in [2.24, 2.45) is 0 Å². The van der Waals surface area contributed by atoms with Crippen LogP contribution in [0.25, 0.3) is 0 Å². The molecular weight excluding hydrogens is 198 g/mol. The minimum Gasteiger partial charge on any atom is -0.392 e. The van der Waals surface area contributed by atoms with E-state index in [2.05, 4.69) is 37.9 Å². The van der Waals surface area contributed by atoms with Crippen molar-refractivity contribution in [2.75, 3.05) is 11.9 Å². The Morgan fingerprint density at radius 3 is 2.56 bits per heavy atom. The second-order valence-corrected chi connectivity index (χ2v) is 4.52. The first kappa shape index (κ1) is 13.0. The molecule has 0 aliphatic heterocycles. The number of aliphatic hydroxyl groups excluding tert-OH is 1. The molecule has 90 valence electrons. The second-order valence-electron chi connectivity index (χ2n) is 4.52. The van der Waals surface area contributed by atoms with Crippen LogP contribution in [0.15, 0.2) is 18.2 Å². The number of hydrogen-bond donors (Lipinski definition) is 1. The molecule has 1 rings (SSSR count). The molecule has 0 aromatic heterocycles. The predicted molar refractivity (Wildman–Crippen MR) is 69.9 cm³/mol. The number of aliphatic hydroxyl groups is 1. The van der Waals surface area contributed by atoms with Gasteiger partial charge in [0.25, 0.3) is 0 Å². The van der Waals surface area contributed by atoms with E-state index in [1.807, 2.05) is 13.0 Å². The number of hydrogen-bond acceptors (Lipinski definition) is 2. The molecule has 2 heteroatoms. The van der Waals surface area contributed by atoms with Gasteiger partial charge in [0, 0.05) is 18.8 Å². The summed E-state index contributed by atoms with van der Waals surface area (Å²) in [5.74, 6) is 0. The van der Waals surface area contributed by atoms with Gasteiger partial charge in [0.1, 0.15) is 0 Å². The first-order chi connectivity index (χ1) is 7.60. The fourth-order valence-electron chi connectivity index (χ4n) is 1.94. The van der Waals surface area contributed by atoms with Crippen LogP contribution in [0.3, 0.4) is 0 Å². The molecule has 2 nitrogen and oxygen atoms in total. The maximum absolute atomic E-state index is 9.13. The highest BCUT2D eigenvalue weighted by molar-refractivity contribution is 5.50. The summed E-state index contributed by atoms with van der Waals surface area (Å²) >= 11 is 0. The molecular formula is C14H23NO. The fourth-order valence-corrected chi connectivity index (χ4v) is 1.94. The highest BCUT2D eigenvalue weighted by Crippen LogP contribution is 2.21. The maximum atomic E-state index is 9.13. The quantitative estimate of drug-likeness (QED) is 0.826. The molecule has 0 amide bonds. The molecule has 0 aliphatic carbocycles. The monoisotopic (exact) mass is 221 g/mol. The van der Waals surface area contributed by atoms with E-state index in [0.29, 0.717) is 6.04 Å². The van der Waals surface area contributed by atoms with Crippen LogP contribution in [-0.4, -0.2) is 18.2 Å². The molecule has 0 fully saturated rings. The predicted octanol–water partition coefficient (Wildman–Crippen LogP) is 3.11. The van der Waals surface area contributed by atoms with Gasteiger partial charge in [0.15, 0.2) is 0 Å². The van der Waals surface area contributed by atoms with Crippen molar-refractivity contribution in [1.29, 1.82) is 0 Å². The molecule has 0 bridgehead atoms. The van der Waals surface area contributed by atoms with Gasteiger partial charge in [-0.15, -0.1) is 0 Å². The largest absolute Gasteiger partial charge is 0.392 e. The summed E-state index contributed by atoms with van der Waals surface area (Å²) in [5.41, 5.74) is 3.41. The molecule has 0 saturated heterocycles. The molecule has 1 aromatic rings. The van der Waals surface area contributed by atoms with Crippen LogP contribution in [0.1, 0.15) is 37.8 Å². The Bertz CT molecular complexity index is 336. The zero-order valence-corrected chi connectivity index (χ0v) is 10.8. The van der Waals surface area contributed by atoms with Gasteiger partial charge in [-0.2, -0.15) is 0 Å². The SMILES string of the molecule is CCCC(C)N(C)c1ccc(CO)c(C)c1. The standard InChI is InChI=1S/C14H23NO/c1-5-6-12(3)15(4)14-8-7-13(10-16)11(2)9-14/h7-9,12,16H,5-6,10H2,1-4H3. The van der Waals surface area contributed by atoms with E-state index in [1.54, 1.807) is 0 Å². The third-order valence-electron chi connectivity index (χ3n) is 3.27. The minimum absolute atomic E-state index is 0.125. The van der Waals surface area contributed by atoms with E-state index in [4.69, 9.17) is 5.11 Å². The van der Waals surface area contributed by atoms with Gasteiger partial charge in [-0.25, -0.2) is 0 Å². The molecule has 0 heterocycles. The lowest BCUT2D eigenvalue weighted by atomic mass is 10.1. The van der Waals surface area contributed by atoms with Crippen molar-refractivity contribution in [3.63, 3.8) is 0 Å². The van der Waals surface area contributed by atoms with Crippen LogP contribution < -0.4 is 4.90 Å². The van der Waals surface area contributed by atoms with E-state index in [0.717, 1.165) is 11.1 Å². The topological polar surface area (TPSA) is 23.5 Å². The van der Waals surface area contributed by atoms with Crippen LogP contribution in [0.4, 0.5) is 5.69 Å². The van der Waals surface area contributed by atoms with E-state index in [9.17, 15) is 0 Å². The summed E-state index contributed by atoms with van der Waals surface area (Å²) in [4.78, 5) is 2.30. The molecule has 0 spiro atoms. The molecule has 1 aromatic carbocycles. The van der Waals surface area contributed by atoms with Crippen LogP contribution in [0.5, 0.6) is 0 Å². The van der Waals surface area contributed by atoms with Crippen LogP contribution in [0.2, 0.25) is 0 Å². The summed E-state index contributed by atoms with van der Waals surface area (Å²) in [6.07, 6.45) is 2.41. The van der Waals surface area contributed by atoms with Gasteiger partial charge in [0.2, 0.25) is 0 Å². The van der Waals surface area contributed by atoms with Gasteiger partial charge in [-0.3, -0.25) is 0 Å². The lowest BCUT2D eigenvalue weighted by molar-refractivity contribution is 0.281. The Hall–Kier alpha value is -1.02. The van der Waals surface area contributed by atoms with E-state index < -0.39 is 0 Å². The van der Waals surface area contributed by atoms with Gasteiger partial charge < -0.3 is 10.0 Å². The van der Waals surface area contributed by atoms with Crippen molar-refractivity contribution in [3.8, 4) is 0 Å². The molecule has 1 N–H and O–H groups in total. The zero-order valence-electron chi connectivity index (χ0n) is 10.8. The lowest BCUT2D eigenvalue weighted by Gasteiger charge is -2.27. The Morgan fingerprint density at radius 1 is 1.38 bits per heavy atom. The smallest absolute Gasteiger partial charge is 0.0684 e. The van der Waals surface area contributed by atoms with Crippen molar-refractivity contribution in [1.82, 2.24) is 0 Å². The second kappa shape index (κ2) is 5.90. The summed E-state index contributed by atoms with van der Waals surface area (Å²) in [6.45, 7) is 6.64. The van der Waals surface area contributed by atoms with Crippen LogP contribution >= 0.6 is 0 Å². The molecule has 16 heavy (non-hydrogen) atoms. The van der Waals surface area contributed by atoms with E-state index >= 15 is 0 Å². The molecule has 0 aliphatic rings. The first-order valence-electron chi connectivity index (χ1n) is 6.03. The highest BCUT2D eigenvalue weighted by Gasteiger charge is 2.09. The maximum Gasteiger partial charge on any atom is 0.0684 e. The number of benzene rings is 1. The summed E-state index contributed by atoms with van der Waals surface area (Å²) in [7, 11) is 2.13. The van der Waals surface area contributed by atoms with Gasteiger partial charge >= 0.3 is 0 Å². The van der Waals surface area contributed by atoms with E-state index in [-0.39, 0.29) is 6.61 Å². The molecule has 0 radical (unpaired) electrons. The Balaban J connectivity index is 2.84. The normalized spacial score (nSPS) is 12.6. The van der Waals surface area contributed by atoms with Crippen molar-refractivity contribution in [3.05, 3.63) is 29.3 Å². The molecule has 0 saturated carbocycles. The van der Waals surface area contributed by atoms with Crippen LogP contribution in [-0.2, 0) is 6.61 Å². The third-order valence-corrected chi connectivity index (χ3v) is 3.27. The first-order valence-corrected chi connectivity index (χ1v) is 6.03. The number of anilines is 1. The highest BCUT2D eigenvalue weighted by atomic mass is 16.3. The zero-order chi connectivity index (χ0) is 12.1. The van der Waals surface area contributed by atoms with E-state index in [1.165, 1.54) is 18.5 Å². The number of rotatable bonds is 5. The third kappa shape index (κ3) is 2.99. The average Bonchev–Trinajstić information content (AvgIpc) is 2.28. The average molecular weight is 221 g/mol. The van der Waals surface area contributed by atoms with Crippen molar-refractivity contribution in [2.45, 2.75) is 46.3 Å². The summed E-state index contributed by atoms with van der Waals surface area (Å²) in [6, 6.07) is 6.81. The summed E-state index contributed by atoms with van der Waals surface area (Å²) < 4.78 is 0. The Kier molecular flexibility index (Phi) is 4.81. The summed E-state index contributed by atoms with van der Waals surface area (Å²) in [5, 5.41) is 9.13. The van der Waals surface area contributed by atoms with Crippen LogP contribution in [0, 0.1) is 6.92 Å². The van der Waals surface area contributed by atoms with Gasteiger partial charge in [-0.05, 0) is 43.5 Å². The Morgan fingerprint density at radius 2 is 2.06 bits per heavy atom. The van der Waals surface area contributed by atoms with Crippen molar-refractivity contribution < 1.29 is 5.11 Å². The molecule has 1 atom stereocenters. The fraction of sp³-hybridized carbons (Fsp3) is 0.571. The van der Waals surface area contributed by atoms with Gasteiger partial charge in [-0.1, -0.05) is 19.4 Å².